The van der Waals surface area contributed by atoms with Gasteiger partial charge >= 0.3 is 5.97 Å². The van der Waals surface area contributed by atoms with E-state index < -0.39 is 5.97 Å². The lowest BCUT2D eigenvalue weighted by Crippen LogP contribution is -2.09. The maximum Gasteiger partial charge on any atom is 0.341 e. The number of phenols is 1. The largest absolute Gasteiger partial charge is 0.507 e. The zero-order valence-corrected chi connectivity index (χ0v) is 9.54. The SMILES string of the molecule is O=C(O)COc1cccc(-c2ccccc2O)c1. The van der Waals surface area contributed by atoms with Crippen LogP contribution in [-0.2, 0) is 4.79 Å². The topological polar surface area (TPSA) is 66.8 Å². The van der Waals surface area contributed by atoms with E-state index in [9.17, 15) is 9.90 Å². The minimum absolute atomic E-state index is 0.174. The third-order valence-electron chi connectivity index (χ3n) is 2.41. The Kier molecular flexibility index (Phi) is 3.48. The van der Waals surface area contributed by atoms with Gasteiger partial charge in [0.1, 0.15) is 11.5 Å². The van der Waals surface area contributed by atoms with Crippen molar-refractivity contribution in [3.05, 3.63) is 48.5 Å². The van der Waals surface area contributed by atoms with Crippen LogP contribution in [0.3, 0.4) is 0 Å². The monoisotopic (exact) mass is 244 g/mol. The van der Waals surface area contributed by atoms with Crippen molar-refractivity contribution in [3.8, 4) is 22.6 Å². The van der Waals surface area contributed by atoms with Gasteiger partial charge in [0, 0.05) is 5.56 Å². The van der Waals surface area contributed by atoms with Gasteiger partial charge in [-0.15, -0.1) is 0 Å². The highest BCUT2D eigenvalue weighted by Gasteiger charge is 2.05. The van der Waals surface area contributed by atoms with Crippen molar-refractivity contribution in [2.45, 2.75) is 0 Å². The van der Waals surface area contributed by atoms with Gasteiger partial charge in [0.05, 0.1) is 0 Å². The van der Waals surface area contributed by atoms with E-state index in [1.165, 1.54) is 0 Å². The number of hydrogen-bond acceptors (Lipinski definition) is 3. The van der Waals surface area contributed by atoms with Gasteiger partial charge in [0.15, 0.2) is 6.61 Å². The number of benzene rings is 2. The molecule has 0 saturated heterocycles. The number of carboxylic acids is 1. The average Bonchev–Trinajstić information content (AvgIpc) is 2.37. The van der Waals surface area contributed by atoms with Gasteiger partial charge < -0.3 is 14.9 Å². The third-order valence-corrected chi connectivity index (χ3v) is 2.41. The van der Waals surface area contributed by atoms with Crippen LogP contribution in [0.15, 0.2) is 48.5 Å². The highest BCUT2D eigenvalue weighted by molar-refractivity contribution is 5.71. The Bertz CT molecular complexity index is 563. The molecule has 0 unspecified atom stereocenters. The molecule has 0 fully saturated rings. The van der Waals surface area contributed by atoms with E-state index in [0.717, 1.165) is 5.56 Å². The molecule has 2 N–H and O–H groups in total. The summed E-state index contributed by atoms with van der Waals surface area (Å²) in [6, 6.07) is 13.9. The van der Waals surface area contributed by atoms with Gasteiger partial charge in [-0.05, 0) is 23.8 Å². The summed E-state index contributed by atoms with van der Waals surface area (Å²) in [7, 11) is 0. The molecule has 2 aromatic rings. The van der Waals surface area contributed by atoms with Gasteiger partial charge in [-0.2, -0.15) is 0 Å². The highest BCUT2D eigenvalue weighted by atomic mass is 16.5. The Labute approximate surface area is 104 Å². The van der Waals surface area contributed by atoms with Crippen LogP contribution < -0.4 is 4.74 Å². The Balaban J connectivity index is 2.27. The van der Waals surface area contributed by atoms with Crippen molar-refractivity contribution in [3.63, 3.8) is 0 Å². The zero-order chi connectivity index (χ0) is 13.0. The van der Waals surface area contributed by atoms with Gasteiger partial charge in [-0.25, -0.2) is 4.79 Å². The summed E-state index contributed by atoms with van der Waals surface area (Å²) in [5.41, 5.74) is 1.45. The van der Waals surface area contributed by atoms with Gasteiger partial charge in [-0.1, -0.05) is 30.3 Å². The van der Waals surface area contributed by atoms with Crippen LogP contribution in [0.2, 0.25) is 0 Å². The van der Waals surface area contributed by atoms with E-state index in [4.69, 9.17) is 9.84 Å². The Hall–Kier alpha value is -2.49. The summed E-state index contributed by atoms with van der Waals surface area (Å²) in [6.07, 6.45) is 0. The predicted molar refractivity (Wildman–Crippen MR) is 66.7 cm³/mol. The zero-order valence-electron chi connectivity index (χ0n) is 9.54. The molecule has 0 bridgehead atoms. The van der Waals surface area contributed by atoms with Crippen molar-refractivity contribution in [2.75, 3.05) is 6.61 Å². The summed E-state index contributed by atoms with van der Waals surface area (Å²) in [6.45, 7) is -0.385. The number of hydrogen-bond donors (Lipinski definition) is 2. The molecule has 0 aliphatic rings. The number of rotatable bonds is 4. The third kappa shape index (κ3) is 2.79. The Morgan fingerprint density at radius 1 is 1.11 bits per heavy atom. The Morgan fingerprint density at radius 2 is 1.89 bits per heavy atom. The standard InChI is InChI=1S/C14H12O4/c15-13-7-2-1-6-12(13)10-4-3-5-11(8-10)18-9-14(16)17/h1-8,15H,9H2,(H,16,17). The first-order valence-electron chi connectivity index (χ1n) is 5.40. The molecule has 0 aliphatic heterocycles. The first-order valence-corrected chi connectivity index (χ1v) is 5.40. The van der Waals surface area contributed by atoms with E-state index in [-0.39, 0.29) is 12.4 Å². The molecule has 0 saturated carbocycles. The van der Waals surface area contributed by atoms with E-state index >= 15 is 0 Å². The normalized spacial score (nSPS) is 10.0. The maximum absolute atomic E-state index is 10.4. The molecule has 0 amide bonds. The van der Waals surface area contributed by atoms with Crippen molar-refractivity contribution in [2.24, 2.45) is 0 Å². The van der Waals surface area contributed by atoms with Crippen LogP contribution in [0, 0.1) is 0 Å². The Morgan fingerprint density at radius 3 is 2.61 bits per heavy atom. The number of para-hydroxylation sites is 1. The highest BCUT2D eigenvalue weighted by Crippen LogP contribution is 2.30. The van der Waals surface area contributed by atoms with Crippen LogP contribution in [0.1, 0.15) is 0 Å². The minimum atomic E-state index is -1.03. The van der Waals surface area contributed by atoms with Crippen molar-refractivity contribution in [1.82, 2.24) is 0 Å². The molecule has 2 aromatic carbocycles. The second-order valence-electron chi connectivity index (χ2n) is 3.73. The van der Waals surface area contributed by atoms with Crippen LogP contribution >= 0.6 is 0 Å². The lowest BCUT2D eigenvalue weighted by atomic mass is 10.0. The second-order valence-corrected chi connectivity index (χ2v) is 3.73. The lowest BCUT2D eigenvalue weighted by molar-refractivity contribution is -0.139. The molecule has 4 heteroatoms. The molecule has 0 radical (unpaired) electrons. The smallest absolute Gasteiger partial charge is 0.341 e. The maximum atomic E-state index is 10.4. The predicted octanol–water partition coefficient (Wildman–Crippen LogP) is 2.52. The number of aliphatic carboxylic acids is 1. The van der Waals surface area contributed by atoms with Crippen molar-refractivity contribution in [1.29, 1.82) is 0 Å². The molecule has 92 valence electrons. The fourth-order valence-corrected chi connectivity index (χ4v) is 1.62. The summed E-state index contributed by atoms with van der Waals surface area (Å²) in [5, 5.41) is 18.3. The van der Waals surface area contributed by atoms with Crippen molar-refractivity contribution < 1.29 is 19.7 Å². The first kappa shape index (κ1) is 12.0. The van der Waals surface area contributed by atoms with Crippen LogP contribution in [0.5, 0.6) is 11.5 Å². The van der Waals surface area contributed by atoms with Crippen LogP contribution in [-0.4, -0.2) is 22.8 Å². The molecular formula is C14H12O4. The van der Waals surface area contributed by atoms with Crippen LogP contribution in [0.4, 0.5) is 0 Å². The number of carboxylic acid groups (broad SMARTS) is 1. The first-order chi connectivity index (χ1) is 8.66. The van der Waals surface area contributed by atoms with Gasteiger partial charge in [0.2, 0.25) is 0 Å². The van der Waals surface area contributed by atoms with E-state index in [0.29, 0.717) is 11.3 Å². The summed E-state index contributed by atoms with van der Waals surface area (Å²) in [4.78, 5) is 10.4. The molecule has 0 heterocycles. The average molecular weight is 244 g/mol. The van der Waals surface area contributed by atoms with Gasteiger partial charge in [0.25, 0.3) is 0 Å². The molecule has 0 aromatic heterocycles. The van der Waals surface area contributed by atoms with E-state index in [1.807, 2.05) is 12.1 Å². The number of aromatic hydroxyl groups is 1. The van der Waals surface area contributed by atoms with E-state index in [1.54, 1.807) is 36.4 Å². The molecule has 0 aliphatic carbocycles. The molecule has 18 heavy (non-hydrogen) atoms. The second kappa shape index (κ2) is 5.23. The molecule has 4 nitrogen and oxygen atoms in total. The molecule has 0 spiro atoms. The molecule has 2 rings (SSSR count). The lowest BCUT2D eigenvalue weighted by Gasteiger charge is -2.07. The fourth-order valence-electron chi connectivity index (χ4n) is 1.62. The number of phenolic OH excluding ortho intramolecular Hbond substituents is 1. The summed E-state index contributed by atoms with van der Waals surface area (Å²) in [5.74, 6) is -0.394. The summed E-state index contributed by atoms with van der Waals surface area (Å²) < 4.78 is 5.09. The summed E-state index contributed by atoms with van der Waals surface area (Å²) >= 11 is 0. The fraction of sp³-hybridized carbons (Fsp3) is 0.0714. The van der Waals surface area contributed by atoms with E-state index in [2.05, 4.69) is 0 Å². The van der Waals surface area contributed by atoms with Gasteiger partial charge in [-0.3, -0.25) is 0 Å². The van der Waals surface area contributed by atoms with Crippen LogP contribution in [0.25, 0.3) is 11.1 Å². The quantitative estimate of drug-likeness (QED) is 0.867. The number of ether oxygens (including phenoxy) is 1. The number of carbonyl (C=O) groups is 1. The molecular weight excluding hydrogens is 232 g/mol. The van der Waals surface area contributed by atoms with Crippen molar-refractivity contribution >= 4 is 5.97 Å². The molecule has 0 atom stereocenters. The minimum Gasteiger partial charge on any atom is -0.507 e.